The van der Waals surface area contributed by atoms with Crippen LogP contribution in [0.25, 0.3) is 0 Å². The number of carbonyl (C=O) groups excluding carboxylic acids is 1. The molecule has 1 rings (SSSR count). The van der Waals surface area contributed by atoms with Gasteiger partial charge in [-0.2, -0.15) is 0 Å². The Hall–Kier alpha value is -0.730. The van der Waals surface area contributed by atoms with Crippen LogP contribution in [-0.2, 0) is 9.53 Å². The van der Waals surface area contributed by atoms with Crippen molar-refractivity contribution in [3.05, 3.63) is 0 Å². The third-order valence-electron chi connectivity index (χ3n) is 2.67. The Bertz CT molecular complexity index is 246. The first-order chi connectivity index (χ1) is 7.47. The number of amides is 1. The van der Waals surface area contributed by atoms with Gasteiger partial charge in [-0.3, -0.25) is 4.79 Å². The molecule has 7 nitrogen and oxygen atoms in total. The smallest absolute Gasteiger partial charge is 0.217 e. The maximum Gasteiger partial charge on any atom is 0.217 e. The molecule has 16 heavy (non-hydrogen) atoms. The summed E-state index contributed by atoms with van der Waals surface area (Å²) in [5.74, 6) is -0.544. The Morgan fingerprint density at radius 3 is 2.19 bits per heavy atom. The molecule has 0 aliphatic carbocycles. The molecule has 0 aromatic rings. The second-order valence-corrected chi connectivity index (χ2v) is 3.87. The van der Waals surface area contributed by atoms with Gasteiger partial charge in [-0.1, -0.05) is 0 Å². The number of hydrogen-bond donors (Lipinski definition) is 5. The minimum atomic E-state index is -1.40. The van der Waals surface area contributed by atoms with Crippen molar-refractivity contribution in [3.63, 3.8) is 0 Å². The first kappa shape index (κ1) is 13.3. The normalized spacial score (nSPS) is 39.6. The van der Waals surface area contributed by atoms with Crippen molar-refractivity contribution in [2.75, 3.05) is 6.61 Å². The molecule has 1 amide bonds. The Morgan fingerprint density at radius 1 is 1.12 bits per heavy atom. The number of aliphatic hydroxyl groups is 4. The molecule has 1 aliphatic heterocycles. The third kappa shape index (κ3) is 2.89. The Balaban J connectivity index is 2.60. The first-order valence-electron chi connectivity index (χ1n) is 5.06. The molecule has 7 heteroatoms. The van der Waals surface area contributed by atoms with Crippen molar-refractivity contribution in [1.82, 2.24) is 0 Å². The molecule has 0 aromatic heterocycles. The van der Waals surface area contributed by atoms with Gasteiger partial charge in [-0.05, 0) is 6.42 Å². The molecule has 0 unspecified atom stereocenters. The number of aliphatic hydroxyl groups excluding tert-OH is 4. The predicted octanol–water partition coefficient (Wildman–Crippen LogP) is -2.91. The van der Waals surface area contributed by atoms with Crippen molar-refractivity contribution in [2.24, 2.45) is 5.73 Å². The topological polar surface area (TPSA) is 133 Å². The number of carbonyl (C=O) groups is 1. The lowest BCUT2D eigenvalue weighted by atomic mass is 9.93. The fourth-order valence-corrected chi connectivity index (χ4v) is 1.70. The summed E-state index contributed by atoms with van der Waals surface area (Å²) in [6.07, 6.45) is -5.68. The van der Waals surface area contributed by atoms with Crippen LogP contribution in [0.4, 0.5) is 0 Å². The molecule has 94 valence electrons. The van der Waals surface area contributed by atoms with Gasteiger partial charge in [0.05, 0.1) is 12.7 Å². The highest BCUT2D eigenvalue weighted by Crippen LogP contribution is 2.23. The molecule has 6 N–H and O–H groups in total. The standard InChI is InChI=1S/C9H17NO6/c10-6(12)2-1-4-7(13)9(15)8(14)5(3-11)16-4/h4-5,7-9,11,13-15H,1-3H2,(H2,10,12)/t4-,5-,7-,8-,9-/m1/s1. The van der Waals surface area contributed by atoms with E-state index in [4.69, 9.17) is 15.6 Å². The zero-order chi connectivity index (χ0) is 12.3. The number of ether oxygens (including phenoxy) is 1. The second-order valence-electron chi connectivity index (χ2n) is 3.87. The van der Waals surface area contributed by atoms with E-state index < -0.39 is 43.0 Å². The summed E-state index contributed by atoms with van der Waals surface area (Å²) in [6.45, 7) is -0.474. The van der Waals surface area contributed by atoms with E-state index in [1.54, 1.807) is 0 Å². The van der Waals surface area contributed by atoms with Crippen molar-refractivity contribution < 1.29 is 30.0 Å². The van der Waals surface area contributed by atoms with Gasteiger partial charge in [0.25, 0.3) is 0 Å². The fourth-order valence-electron chi connectivity index (χ4n) is 1.70. The summed E-state index contributed by atoms with van der Waals surface area (Å²) in [6, 6.07) is 0. The molecule has 0 aromatic carbocycles. The third-order valence-corrected chi connectivity index (χ3v) is 2.67. The van der Waals surface area contributed by atoms with E-state index in [0.717, 1.165) is 0 Å². The van der Waals surface area contributed by atoms with Gasteiger partial charge in [0, 0.05) is 6.42 Å². The second kappa shape index (κ2) is 5.55. The average molecular weight is 235 g/mol. The molecule has 1 fully saturated rings. The minimum absolute atomic E-state index is 0.00267. The van der Waals surface area contributed by atoms with E-state index in [1.807, 2.05) is 0 Å². The summed E-state index contributed by atoms with van der Waals surface area (Å²) in [5, 5.41) is 37.3. The summed E-state index contributed by atoms with van der Waals surface area (Å²) in [7, 11) is 0. The molecule has 1 heterocycles. The summed E-state index contributed by atoms with van der Waals surface area (Å²) in [5.41, 5.74) is 4.95. The van der Waals surface area contributed by atoms with Gasteiger partial charge in [0.2, 0.25) is 5.91 Å². The van der Waals surface area contributed by atoms with Crippen LogP contribution in [0.2, 0.25) is 0 Å². The van der Waals surface area contributed by atoms with Gasteiger partial charge < -0.3 is 30.9 Å². The molecule has 1 saturated heterocycles. The number of hydrogen-bond acceptors (Lipinski definition) is 6. The molecule has 0 spiro atoms. The van der Waals surface area contributed by atoms with Crippen molar-refractivity contribution in [2.45, 2.75) is 43.4 Å². The number of primary amides is 1. The monoisotopic (exact) mass is 235 g/mol. The lowest BCUT2D eigenvalue weighted by molar-refractivity contribution is -0.230. The van der Waals surface area contributed by atoms with E-state index in [1.165, 1.54) is 0 Å². The molecule has 0 radical (unpaired) electrons. The molecule has 1 aliphatic rings. The highest BCUT2D eigenvalue weighted by atomic mass is 16.5. The maximum absolute atomic E-state index is 10.6. The largest absolute Gasteiger partial charge is 0.394 e. The number of rotatable bonds is 4. The Kier molecular flexibility index (Phi) is 4.63. The van der Waals surface area contributed by atoms with Gasteiger partial charge in [-0.25, -0.2) is 0 Å². The summed E-state index contributed by atoms with van der Waals surface area (Å²) >= 11 is 0. The summed E-state index contributed by atoms with van der Waals surface area (Å²) in [4.78, 5) is 10.6. The van der Waals surface area contributed by atoms with E-state index in [2.05, 4.69) is 0 Å². The van der Waals surface area contributed by atoms with E-state index >= 15 is 0 Å². The molecular weight excluding hydrogens is 218 g/mol. The predicted molar refractivity (Wildman–Crippen MR) is 52.2 cm³/mol. The molecule has 5 atom stereocenters. The number of nitrogens with two attached hydrogens (primary N) is 1. The first-order valence-corrected chi connectivity index (χ1v) is 5.06. The highest BCUT2D eigenvalue weighted by molar-refractivity contribution is 5.73. The summed E-state index contributed by atoms with van der Waals surface area (Å²) < 4.78 is 5.16. The van der Waals surface area contributed by atoms with Crippen LogP contribution in [0.15, 0.2) is 0 Å². The molecule has 0 bridgehead atoms. The van der Waals surface area contributed by atoms with E-state index in [-0.39, 0.29) is 12.8 Å². The Morgan fingerprint density at radius 2 is 1.69 bits per heavy atom. The zero-order valence-electron chi connectivity index (χ0n) is 8.69. The Labute approximate surface area is 92.4 Å². The fraction of sp³-hybridized carbons (Fsp3) is 0.889. The zero-order valence-corrected chi connectivity index (χ0v) is 8.69. The van der Waals surface area contributed by atoms with Crippen LogP contribution < -0.4 is 5.73 Å². The lowest BCUT2D eigenvalue weighted by Gasteiger charge is -2.40. The van der Waals surface area contributed by atoms with Crippen LogP contribution in [0.3, 0.4) is 0 Å². The van der Waals surface area contributed by atoms with Crippen LogP contribution in [-0.4, -0.2) is 63.5 Å². The van der Waals surface area contributed by atoms with Crippen LogP contribution in [0.1, 0.15) is 12.8 Å². The van der Waals surface area contributed by atoms with Gasteiger partial charge in [0.1, 0.15) is 24.4 Å². The highest BCUT2D eigenvalue weighted by Gasteiger charge is 2.42. The van der Waals surface area contributed by atoms with Crippen LogP contribution in [0.5, 0.6) is 0 Å². The van der Waals surface area contributed by atoms with E-state index in [0.29, 0.717) is 0 Å². The van der Waals surface area contributed by atoms with Crippen molar-refractivity contribution in [3.8, 4) is 0 Å². The lowest BCUT2D eigenvalue weighted by Crippen LogP contribution is -2.58. The van der Waals surface area contributed by atoms with Crippen molar-refractivity contribution in [1.29, 1.82) is 0 Å². The van der Waals surface area contributed by atoms with Gasteiger partial charge in [-0.15, -0.1) is 0 Å². The van der Waals surface area contributed by atoms with Crippen LogP contribution in [0, 0.1) is 0 Å². The molecular formula is C9H17NO6. The molecule has 0 saturated carbocycles. The SMILES string of the molecule is NC(=O)CC[C@H]1O[C@H](CO)[C@@H](O)[C@H](O)[C@@H]1O. The van der Waals surface area contributed by atoms with Crippen LogP contribution >= 0.6 is 0 Å². The van der Waals surface area contributed by atoms with Gasteiger partial charge in [0.15, 0.2) is 0 Å². The van der Waals surface area contributed by atoms with E-state index in [9.17, 15) is 20.1 Å². The quantitative estimate of drug-likeness (QED) is 0.355. The van der Waals surface area contributed by atoms with Gasteiger partial charge >= 0.3 is 0 Å². The minimum Gasteiger partial charge on any atom is -0.394 e. The maximum atomic E-state index is 10.6. The average Bonchev–Trinajstić information content (AvgIpc) is 2.25. The van der Waals surface area contributed by atoms with Crippen molar-refractivity contribution >= 4 is 5.91 Å².